The number of benzene rings is 2. The average molecular weight is 510 g/mol. The van der Waals surface area contributed by atoms with Crippen LogP contribution in [0.4, 0.5) is 5.69 Å². The van der Waals surface area contributed by atoms with Gasteiger partial charge in [-0.05, 0) is 62.2 Å². The molecule has 10 heteroatoms. The Morgan fingerprint density at radius 1 is 1.03 bits per heavy atom. The van der Waals surface area contributed by atoms with Crippen molar-refractivity contribution in [3.8, 4) is 11.5 Å². The molecule has 0 aliphatic heterocycles. The molecule has 0 radical (unpaired) electrons. The van der Waals surface area contributed by atoms with Gasteiger partial charge in [0.2, 0.25) is 5.91 Å². The molecule has 10 nitrogen and oxygen atoms in total. The van der Waals surface area contributed by atoms with Crippen LogP contribution >= 0.6 is 0 Å². The first-order valence-electron chi connectivity index (χ1n) is 11.8. The molecule has 0 aliphatic carbocycles. The molecule has 2 amide bonds. The zero-order valence-corrected chi connectivity index (χ0v) is 21.4. The van der Waals surface area contributed by atoms with Crippen LogP contribution in [0.2, 0.25) is 0 Å². The summed E-state index contributed by atoms with van der Waals surface area (Å²) in [7, 11) is 3.14. The second-order valence-corrected chi connectivity index (χ2v) is 8.66. The molecule has 0 aliphatic rings. The van der Waals surface area contributed by atoms with Crippen LogP contribution in [-0.4, -0.2) is 59.9 Å². The third kappa shape index (κ3) is 7.09. The van der Waals surface area contributed by atoms with Gasteiger partial charge in [-0.1, -0.05) is 6.07 Å². The zero-order valence-electron chi connectivity index (χ0n) is 21.4. The van der Waals surface area contributed by atoms with Crippen molar-refractivity contribution in [3.63, 3.8) is 0 Å². The lowest BCUT2D eigenvalue weighted by atomic mass is 10.1. The van der Waals surface area contributed by atoms with E-state index in [1.807, 2.05) is 32.0 Å². The van der Waals surface area contributed by atoms with Crippen LogP contribution in [0, 0.1) is 10.1 Å². The molecule has 0 bridgehead atoms. The second kappa shape index (κ2) is 12.6. The van der Waals surface area contributed by atoms with Gasteiger partial charge in [0.05, 0.1) is 32.0 Å². The molecular weight excluding hydrogens is 478 g/mol. The smallest absolute Gasteiger partial charge is 0.269 e. The molecule has 0 unspecified atom stereocenters. The lowest BCUT2D eigenvalue weighted by molar-refractivity contribution is -0.384. The Hall–Kier alpha value is -4.34. The Morgan fingerprint density at radius 3 is 2.30 bits per heavy atom. The van der Waals surface area contributed by atoms with E-state index in [2.05, 4.69) is 0 Å². The molecular formula is C27H31N3O7. The van der Waals surface area contributed by atoms with Crippen molar-refractivity contribution in [3.05, 3.63) is 87.9 Å². The van der Waals surface area contributed by atoms with Crippen molar-refractivity contribution in [1.29, 1.82) is 0 Å². The number of nitro benzene ring substituents is 1. The van der Waals surface area contributed by atoms with Crippen molar-refractivity contribution in [2.75, 3.05) is 27.3 Å². The molecule has 0 N–H and O–H groups in total. The van der Waals surface area contributed by atoms with Gasteiger partial charge in [-0.25, -0.2) is 0 Å². The van der Waals surface area contributed by atoms with E-state index in [0.29, 0.717) is 30.2 Å². The fraction of sp³-hybridized carbons (Fsp3) is 0.333. The molecule has 0 atom stereocenters. The highest BCUT2D eigenvalue weighted by molar-refractivity contribution is 5.96. The molecule has 37 heavy (non-hydrogen) atoms. The molecule has 0 fully saturated rings. The number of carbonyl (C=O) groups excluding carboxylic acids is 2. The van der Waals surface area contributed by atoms with E-state index >= 15 is 0 Å². The predicted molar refractivity (Wildman–Crippen MR) is 137 cm³/mol. The number of furan rings is 1. The lowest BCUT2D eigenvalue weighted by Gasteiger charge is -2.30. The number of nitro groups is 1. The van der Waals surface area contributed by atoms with E-state index in [1.165, 1.54) is 29.2 Å². The van der Waals surface area contributed by atoms with Crippen LogP contribution < -0.4 is 9.47 Å². The fourth-order valence-corrected chi connectivity index (χ4v) is 3.81. The summed E-state index contributed by atoms with van der Waals surface area (Å²) in [6.45, 7) is 4.11. The van der Waals surface area contributed by atoms with Gasteiger partial charge in [0.1, 0.15) is 12.3 Å². The first-order chi connectivity index (χ1) is 17.7. The maximum absolute atomic E-state index is 13.5. The van der Waals surface area contributed by atoms with Crippen LogP contribution in [0.25, 0.3) is 0 Å². The Morgan fingerprint density at radius 2 is 1.73 bits per heavy atom. The number of ether oxygens (including phenoxy) is 2. The first-order valence-corrected chi connectivity index (χ1v) is 11.8. The zero-order chi connectivity index (χ0) is 26.9. The molecule has 0 spiro atoms. The van der Waals surface area contributed by atoms with Crippen molar-refractivity contribution in [1.82, 2.24) is 9.80 Å². The molecule has 1 heterocycles. The van der Waals surface area contributed by atoms with E-state index < -0.39 is 4.92 Å². The number of non-ortho nitro benzene ring substituents is 1. The largest absolute Gasteiger partial charge is 0.493 e. The van der Waals surface area contributed by atoms with Gasteiger partial charge in [0.15, 0.2) is 11.5 Å². The number of rotatable bonds is 12. The maximum atomic E-state index is 13.5. The summed E-state index contributed by atoms with van der Waals surface area (Å²) in [6, 6.07) is 14.2. The Bertz CT molecular complexity index is 1210. The number of carbonyl (C=O) groups is 2. The van der Waals surface area contributed by atoms with Gasteiger partial charge < -0.3 is 23.7 Å². The summed E-state index contributed by atoms with van der Waals surface area (Å²) in [5, 5.41) is 10.9. The summed E-state index contributed by atoms with van der Waals surface area (Å²) in [4.78, 5) is 40.2. The van der Waals surface area contributed by atoms with Gasteiger partial charge in [0.25, 0.3) is 11.6 Å². The Kier molecular flexibility index (Phi) is 9.26. The minimum Gasteiger partial charge on any atom is -0.493 e. The normalized spacial score (nSPS) is 10.7. The molecule has 196 valence electrons. The van der Waals surface area contributed by atoms with Crippen molar-refractivity contribution in [2.45, 2.75) is 32.9 Å². The molecule has 3 aromatic rings. The topological polar surface area (TPSA) is 115 Å². The quantitative estimate of drug-likeness (QED) is 0.264. The van der Waals surface area contributed by atoms with Crippen LogP contribution in [0.15, 0.2) is 65.3 Å². The van der Waals surface area contributed by atoms with E-state index in [1.54, 1.807) is 37.5 Å². The minimum atomic E-state index is -0.525. The van der Waals surface area contributed by atoms with Gasteiger partial charge in [0, 0.05) is 30.3 Å². The second-order valence-electron chi connectivity index (χ2n) is 8.66. The molecule has 3 rings (SSSR count). The fourth-order valence-electron chi connectivity index (χ4n) is 3.81. The third-order valence-electron chi connectivity index (χ3n) is 5.91. The summed E-state index contributed by atoms with van der Waals surface area (Å²) in [5.74, 6) is 1.21. The van der Waals surface area contributed by atoms with E-state index in [0.717, 1.165) is 5.56 Å². The average Bonchev–Trinajstić information content (AvgIpc) is 3.42. The predicted octanol–water partition coefficient (Wildman–Crippen LogP) is 4.33. The Labute approximate surface area is 215 Å². The van der Waals surface area contributed by atoms with Crippen LogP contribution in [0.1, 0.15) is 35.5 Å². The standard InChI is InChI=1S/C27H31N3O7/c1-19(2)29(27(32)21-8-10-22(11-9-21)30(33)34)18-26(31)28(17-23-6-5-15-37-23)14-13-20-7-12-24(35-3)25(16-20)36-4/h5-12,15-16,19H,13-14,17-18H2,1-4H3. The molecule has 0 saturated heterocycles. The van der Waals surface area contributed by atoms with Crippen LogP contribution in [-0.2, 0) is 17.8 Å². The highest BCUT2D eigenvalue weighted by atomic mass is 16.6. The molecule has 2 aromatic carbocycles. The number of nitrogens with zero attached hydrogens (tertiary/aromatic N) is 3. The SMILES string of the molecule is COc1ccc(CCN(Cc2ccco2)C(=O)CN(C(=O)c2ccc([N+](=O)[O-])cc2)C(C)C)cc1OC. The Balaban J connectivity index is 1.77. The lowest BCUT2D eigenvalue weighted by Crippen LogP contribution is -2.46. The third-order valence-corrected chi connectivity index (χ3v) is 5.91. The van der Waals surface area contributed by atoms with Gasteiger partial charge in [-0.2, -0.15) is 0 Å². The van der Waals surface area contributed by atoms with Crippen molar-refractivity contribution in [2.24, 2.45) is 0 Å². The van der Waals surface area contributed by atoms with E-state index in [4.69, 9.17) is 13.9 Å². The van der Waals surface area contributed by atoms with Gasteiger partial charge >= 0.3 is 0 Å². The molecule has 1 aromatic heterocycles. The number of amides is 2. The summed E-state index contributed by atoms with van der Waals surface area (Å²) < 4.78 is 16.1. The minimum absolute atomic E-state index is 0.108. The highest BCUT2D eigenvalue weighted by Crippen LogP contribution is 2.28. The first kappa shape index (κ1) is 27.3. The van der Waals surface area contributed by atoms with Gasteiger partial charge in [-0.3, -0.25) is 19.7 Å². The van der Waals surface area contributed by atoms with E-state index in [-0.39, 0.29) is 42.2 Å². The van der Waals surface area contributed by atoms with Crippen molar-refractivity contribution < 1.29 is 28.4 Å². The van der Waals surface area contributed by atoms with Crippen molar-refractivity contribution >= 4 is 17.5 Å². The summed E-state index contributed by atoms with van der Waals surface area (Å²) >= 11 is 0. The molecule has 0 saturated carbocycles. The monoisotopic (exact) mass is 509 g/mol. The van der Waals surface area contributed by atoms with E-state index in [9.17, 15) is 19.7 Å². The number of hydrogen-bond acceptors (Lipinski definition) is 7. The highest BCUT2D eigenvalue weighted by Gasteiger charge is 2.25. The van der Waals surface area contributed by atoms with Crippen LogP contribution in [0.3, 0.4) is 0 Å². The van der Waals surface area contributed by atoms with Gasteiger partial charge in [-0.15, -0.1) is 0 Å². The summed E-state index contributed by atoms with van der Waals surface area (Å²) in [6.07, 6.45) is 2.09. The maximum Gasteiger partial charge on any atom is 0.269 e. The summed E-state index contributed by atoms with van der Waals surface area (Å²) in [5.41, 5.74) is 1.12. The number of methoxy groups -OCH3 is 2. The van der Waals surface area contributed by atoms with Crippen LogP contribution in [0.5, 0.6) is 11.5 Å². The number of hydrogen-bond donors (Lipinski definition) is 0.